The van der Waals surface area contributed by atoms with Crippen molar-refractivity contribution in [3.05, 3.63) is 33.8 Å². The molecule has 17 heavy (non-hydrogen) atoms. The number of benzene rings is 1. The normalized spacial score (nSPS) is 10.5. The van der Waals surface area contributed by atoms with Crippen molar-refractivity contribution in [3.63, 3.8) is 0 Å². The second kappa shape index (κ2) is 7.65. The van der Waals surface area contributed by atoms with Gasteiger partial charge in [-0.25, -0.2) is 0 Å². The predicted octanol–water partition coefficient (Wildman–Crippen LogP) is 5.30. The van der Waals surface area contributed by atoms with Crippen LogP contribution in [-0.2, 0) is 0 Å². The molecule has 0 radical (unpaired) electrons. The fraction of sp³-hybridized carbons (Fsp3) is 0.533. The molecule has 0 spiro atoms. The summed E-state index contributed by atoms with van der Waals surface area (Å²) in [7, 11) is 0. The summed E-state index contributed by atoms with van der Waals surface area (Å²) in [5.74, 6) is 0.266. The third-order valence-electron chi connectivity index (χ3n) is 3.00. The minimum absolute atomic E-state index is 0.266. The van der Waals surface area contributed by atoms with Gasteiger partial charge < -0.3 is 0 Å². The number of ketones is 1. The molecule has 0 amide bonds. The third-order valence-corrected chi connectivity index (χ3v) is 3.86. The molecule has 1 nitrogen and oxygen atoms in total. The molecule has 1 aromatic rings. The van der Waals surface area contributed by atoms with E-state index in [1.807, 2.05) is 25.1 Å². The van der Waals surface area contributed by atoms with Crippen molar-refractivity contribution in [2.24, 2.45) is 0 Å². The zero-order chi connectivity index (χ0) is 12.7. The Morgan fingerprint density at radius 3 is 2.53 bits per heavy atom. The van der Waals surface area contributed by atoms with Crippen LogP contribution in [0.1, 0.15) is 61.4 Å². The highest BCUT2D eigenvalue weighted by atomic mass is 79.9. The lowest BCUT2D eigenvalue weighted by atomic mass is 10.0. The topological polar surface area (TPSA) is 17.1 Å². The molecule has 2 heteroatoms. The molecular formula is C15H21BrO. The van der Waals surface area contributed by atoms with E-state index < -0.39 is 0 Å². The molecule has 0 aliphatic rings. The summed E-state index contributed by atoms with van der Waals surface area (Å²) in [5, 5.41) is 0. The van der Waals surface area contributed by atoms with E-state index in [2.05, 4.69) is 22.9 Å². The van der Waals surface area contributed by atoms with Gasteiger partial charge in [0.2, 0.25) is 0 Å². The maximum absolute atomic E-state index is 11.9. The highest BCUT2D eigenvalue weighted by molar-refractivity contribution is 9.10. The first-order chi connectivity index (χ1) is 8.15. The van der Waals surface area contributed by atoms with Gasteiger partial charge in [-0.1, -0.05) is 60.7 Å². The molecule has 1 aromatic carbocycles. The summed E-state index contributed by atoms with van der Waals surface area (Å²) in [6, 6.07) is 5.85. The average molecular weight is 297 g/mol. The quantitative estimate of drug-likeness (QED) is 0.493. The van der Waals surface area contributed by atoms with Gasteiger partial charge in [0.05, 0.1) is 0 Å². The summed E-state index contributed by atoms with van der Waals surface area (Å²) >= 11 is 3.46. The lowest BCUT2D eigenvalue weighted by Crippen LogP contribution is -1.99. The van der Waals surface area contributed by atoms with Gasteiger partial charge in [0.25, 0.3) is 0 Å². The van der Waals surface area contributed by atoms with Gasteiger partial charge >= 0.3 is 0 Å². The number of carbonyl (C=O) groups is 1. The minimum atomic E-state index is 0.266. The Labute approximate surface area is 113 Å². The van der Waals surface area contributed by atoms with E-state index in [9.17, 15) is 4.79 Å². The van der Waals surface area contributed by atoms with Crippen LogP contribution < -0.4 is 0 Å². The first-order valence-electron chi connectivity index (χ1n) is 6.44. The molecule has 0 saturated carbocycles. The molecule has 0 saturated heterocycles. The molecule has 0 fully saturated rings. The summed E-state index contributed by atoms with van der Waals surface area (Å²) in [6.07, 6.45) is 6.65. The molecule has 0 unspecified atom stereocenters. The number of rotatable bonds is 7. The summed E-state index contributed by atoms with van der Waals surface area (Å²) in [5.41, 5.74) is 2.00. The van der Waals surface area contributed by atoms with E-state index in [4.69, 9.17) is 0 Å². The van der Waals surface area contributed by atoms with E-state index in [-0.39, 0.29) is 5.78 Å². The monoisotopic (exact) mass is 296 g/mol. The molecule has 0 aliphatic carbocycles. The predicted molar refractivity (Wildman–Crippen MR) is 76.6 cm³/mol. The van der Waals surface area contributed by atoms with Crippen LogP contribution in [0.3, 0.4) is 0 Å². The molecule has 0 heterocycles. The zero-order valence-electron chi connectivity index (χ0n) is 10.8. The van der Waals surface area contributed by atoms with Crippen molar-refractivity contribution in [2.45, 2.75) is 52.4 Å². The summed E-state index contributed by atoms with van der Waals surface area (Å²) in [4.78, 5) is 11.9. The van der Waals surface area contributed by atoms with Gasteiger partial charge in [0.1, 0.15) is 0 Å². The molecule has 0 atom stereocenters. The number of halogens is 1. The van der Waals surface area contributed by atoms with Gasteiger partial charge in [-0.15, -0.1) is 0 Å². The van der Waals surface area contributed by atoms with Gasteiger partial charge in [0.15, 0.2) is 5.78 Å². The van der Waals surface area contributed by atoms with Crippen LogP contribution in [0.4, 0.5) is 0 Å². The first kappa shape index (κ1) is 14.4. The zero-order valence-corrected chi connectivity index (χ0v) is 12.3. The van der Waals surface area contributed by atoms with Crippen LogP contribution in [0.25, 0.3) is 0 Å². The van der Waals surface area contributed by atoms with Gasteiger partial charge in [-0.3, -0.25) is 4.79 Å². The lowest BCUT2D eigenvalue weighted by Gasteiger charge is -2.04. The maximum atomic E-state index is 11.9. The average Bonchev–Trinajstić information content (AvgIpc) is 2.32. The molecule has 0 bridgehead atoms. The van der Waals surface area contributed by atoms with E-state index in [0.29, 0.717) is 6.42 Å². The van der Waals surface area contributed by atoms with Crippen LogP contribution in [0.15, 0.2) is 22.7 Å². The summed E-state index contributed by atoms with van der Waals surface area (Å²) in [6.45, 7) is 4.23. The van der Waals surface area contributed by atoms with Gasteiger partial charge in [-0.2, -0.15) is 0 Å². The Morgan fingerprint density at radius 2 is 1.88 bits per heavy atom. The highest BCUT2D eigenvalue weighted by Crippen LogP contribution is 2.19. The molecule has 94 valence electrons. The first-order valence-corrected chi connectivity index (χ1v) is 7.23. The molecule has 0 aliphatic heterocycles. The molecule has 1 rings (SSSR count). The third kappa shape index (κ3) is 5.03. The smallest absolute Gasteiger partial charge is 0.162 e. The number of hydrogen-bond acceptors (Lipinski definition) is 1. The Balaban J connectivity index is 2.39. The Kier molecular flexibility index (Phi) is 6.49. The Morgan fingerprint density at radius 1 is 1.18 bits per heavy atom. The van der Waals surface area contributed by atoms with Crippen molar-refractivity contribution in [1.82, 2.24) is 0 Å². The van der Waals surface area contributed by atoms with Crippen molar-refractivity contribution < 1.29 is 4.79 Å². The summed E-state index contributed by atoms with van der Waals surface area (Å²) < 4.78 is 1.02. The van der Waals surface area contributed by atoms with E-state index in [1.54, 1.807) is 0 Å². The fourth-order valence-corrected chi connectivity index (χ4v) is 2.18. The highest BCUT2D eigenvalue weighted by Gasteiger charge is 2.06. The van der Waals surface area contributed by atoms with Crippen molar-refractivity contribution >= 4 is 21.7 Å². The molecule has 0 aromatic heterocycles. The molecule has 0 N–H and O–H groups in total. The second-order valence-corrected chi connectivity index (χ2v) is 5.41. The second-order valence-electron chi connectivity index (χ2n) is 4.55. The van der Waals surface area contributed by atoms with Crippen LogP contribution >= 0.6 is 15.9 Å². The van der Waals surface area contributed by atoms with E-state index in [1.165, 1.54) is 31.2 Å². The number of carbonyl (C=O) groups excluding carboxylic acids is 1. The van der Waals surface area contributed by atoms with E-state index >= 15 is 0 Å². The van der Waals surface area contributed by atoms with E-state index in [0.717, 1.165) is 16.5 Å². The SMILES string of the molecule is CCCCCCCC(=O)c1ccc(C)c(Br)c1. The molecular weight excluding hydrogens is 276 g/mol. The van der Waals surface area contributed by atoms with Crippen LogP contribution in [0, 0.1) is 6.92 Å². The van der Waals surface area contributed by atoms with Gasteiger partial charge in [-0.05, 0) is 25.0 Å². The van der Waals surface area contributed by atoms with Crippen LogP contribution in [0.2, 0.25) is 0 Å². The van der Waals surface area contributed by atoms with Crippen molar-refractivity contribution in [3.8, 4) is 0 Å². The van der Waals surface area contributed by atoms with Crippen LogP contribution in [0.5, 0.6) is 0 Å². The Bertz CT molecular complexity index is 371. The maximum Gasteiger partial charge on any atom is 0.162 e. The van der Waals surface area contributed by atoms with Gasteiger partial charge in [0, 0.05) is 16.5 Å². The number of hydrogen-bond donors (Lipinski definition) is 0. The number of Topliss-reactive ketones (excluding diaryl/α,β-unsaturated/α-hetero) is 1. The largest absolute Gasteiger partial charge is 0.294 e. The standard InChI is InChI=1S/C15H21BrO/c1-3-4-5-6-7-8-15(17)13-10-9-12(2)14(16)11-13/h9-11H,3-8H2,1-2H3. The fourth-order valence-electron chi connectivity index (χ4n) is 1.80. The van der Waals surface area contributed by atoms with Crippen LogP contribution in [-0.4, -0.2) is 5.78 Å². The van der Waals surface area contributed by atoms with Crippen molar-refractivity contribution in [2.75, 3.05) is 0 Å². The number of unbranched alkanes of at least 4 members (excludes halogenated alkanes) is 4. The van der Waals surface area contributed by atoms with Crippen molar-refractivity contribution in [1.29, 1.82) is 0 Å². The lowest BCUT2D eigenvalue weighted by molar-refractivity contribution is 0.0979. The Hall–Kier alpha value is -0.630. The number of aryl methyl sites for hydroxylation is 1. The minimum Gasteiger partial charge on any atom is -0.294 e.